The van der Waals surface area contributed by atoms with Crippen LogP contribution in [0.2, 0.25) is 0 Å². The molecule has 0 atom stereocenters. The van der Waals surface area contributed by atoms with E-state index in [-0.39, 0.29) is 6.54 Å². The normalized spacial score (nSPS) is 10.1. The first kappa shape index (κ1) is 12.2. The number of halogens is 2. The van der Waals surface area contributed by atoms with E-state index < -0.39 is 23.0 Å². The zero-order valence-electron chi connectivity index (χ0n) is 9.49. The zero-order chi connectivity index (χ0) is 13.0. The van der Waals surface area contributed by atoms with Crippen LogP contribution >= 0.6 is 0 Å². The number of rotatable bonds is 4. The molecule has 0 aliphatic carbocycles. The topological polar surface area (TPSA) is 29.1 Å². The molecule has 92 valence electrons. The molecule has 0 spiro atoms. The van der Waals surface area contributed by atoms with Crippen molar-refractivity contribution in [1.29, 1.82) is 0 Å². The average molecular weight is 247 g/mol. The second-order valence-corrected chi connectivity index (χ2v) is 3.74. The number of hydrogen-bond acceptors (Lipinski definition) is 2. The van der Waals surface area contributed by atoms with Crippen LogP contribution in [0.1, 0.15) is 10.4 Å². The van der Waals surface area contributed by atoms with Gasteiger partial charge >= 0.3 is 0 Å². The van der Waals surface area contributed by atoms with Crippen LogP contribution in [0.4, 0.5) is 14.5 Å². The standard InChI is InChI=1S/C14H11F2NO/c15-11-7-4-8-12(16)14(11)13(18)9-17-10-5-2-1-3-6-10/h1-8,17H,9H2. The molecule has 0 bridgehead atoms. The molecule has 1 N–H and O–H groups in total. The van der Waals surface area contributed by atoms with E-state index in [0.29, 0.717) is 0 Å². The van der Waals surface area contributed by atoms with Gasteiger partial charge in [0.2, 0.25) is 0 Å². The van der Waals surface area contributed by atoms with Gasteiger partial charge in [0.05, 0.1) is 12.1 Å². The van der Waals surface area contributed by atoms with Crippen LogP contribution in [0, 0.1) is 11.6 Å². The first-order valence-corrected chi connectivity index (χ1v) is 5.44. The number of nitrogens with one attached hydrogen (secondary N) is 1. The summed E-state index contributed by atoms with van der Waals surface area (Å²) >= 11 is 0. The van der Waals surface area contributed by atoms with E-state index in [1.165, 1.54) is 6.07 Å². The Morgan fingerprint density at radius 3 is 2.17 bits per heavy atom. The van der Waals surface area contributed by atoms with E-state index in [1.807, 2.05) is 6.07 Å². The SMILES string of the molecule is O=C(CNc1ccccc1)c1c(F)cccc1F. The monoisotopic (exact) mass is 247 g/mol. The lowest BCUT2D eigenvalue weighted by molar-refractivity contribution is 0.0998. The Labute approximate surface area is 103 Å². The molecule has 0 fully saturated rings. The fourth-order valence-corrected chi connectivity index (χ4v) is 1.59. The van der Waals surface area contributed by atoms with Crippen molar-refractivity contribution in [3.63, 3.8) is 0 Å². The number of hydrogen-bond donors (Lipinski definition) is 1. The van der Waals surface area contributed by atoms with Crippen molar-refractivity contribution in [2.75, 3.05) is 11.9 Å². The lowest BCUT2D eigenvalue weighted by atomic mass is 10.1. The molecular formula is C14H11F2NO. The predicted molar refractivity (Wildman–Crippen MR) is 65.6 cm³/mol. The van der Waals surface area contributed by atoms with Crippen LogP contribution in [0.25, 0.3) is 0 Å². The third kappa shape index (κ3) is 2.71. The van der Waals surface area contributed by atoms with Gasteiger partial charge in [-0.15, -0.1) is 0 Å². The Morgan fingerprint density at radius 1 is 0.944 bits per heavy atom. The second kappa shape index (κ2) is 5.40. The summed E-state index contributed by atoms with van der Waals surface area (Å²) < 4.78 is 26.7. The number of anilines is 1. The molecule has 0 aliphatic rings. The Balaban J connectivity index is 2.09. The van der Waals surface area contributed by atoms with Crippen molar-refractivity contribution in [3.05, 3.63) is 65.7 Å². The molecule has 2 nitrogen and oxygen atoms in total. The quantitative estimate of drug-likeness (QED) is 0.840. The van der Waals surface area contributed by atoms with E-state index in [0.717, 1.165) is 17.8 Å². The maximum atomic E-state index is 13.3. The van der Waals surface area contributed by atoms with Gasteiger partial charge in [-0.2, -0.15) is 0 Å². The average Bonchev–Trinajstić information content (AvgIpc) is 2.37. The maximum absolute atomic E-state index is 13.3. The number of ketones is 1. The van der Waals surface area contributed by atoms with Crippen LogP contribution in [-0.2, 0) is 0 Å². The van der Waals surface area contributed by atoms with Gasteiger partial charge in [0.15, 0.2) is 5.78 Å². The van der Waals surface area contributed by atoms with E-state index in [4.69, 9.17) is 0 Å². The first-order valence-electron chi connectivity index (χ1n) is 5.44. The summed E-state index contributed by atoms with van der Waals surface area (Å²) in [6.45, 7) is -0.151. The van der Waals surface area contributed by atoms with Crippen molar-refractivity contribution >= 4 is 11.5 Å². The minimum Gasteiger partial charge on any atom is -0.378 e. The third-order valence-corrected chi connectivity index (χ3v) is 2.47. The van der Waals surface area contributed by atoms with Crippen LogP contribution in [0.15, 0.2) is 48.5 Å². The van der Waals surface area contributed by atoms with Gasteiger partial charge in [-0.05, 0) is 24.3 Å². The zero-order valence-corrected chi connectivity index (χ0v) is 9.49. The van der Waals surface area contributed by atoms with Gasteiger partial charge in [0.25, 0.3) is 0 Å². The summed E-state index contributed by atoms with van der Waals surface area (Å²) in [5.74, 6) is -2.29. The number of carbonyl (C=O) groups is 1. The highest BCUT2D eigenvalue weighted by atomic mass is 19.1. The van der Waals surface area contributed by atoms with Gasteiger partial charge < -0.3 is 5.32 Å². The van der Waals surface area contributed by atoms with Crippen LogP contribution in [-0.4, -0.2) is 12.3 Å². The molecule has 0 amide bonds. The molecule has 0 saturated heterocycles. The summed E-state index contributed by atoms with van der Waals surface area (Å²) in [7, 11) is 0. The molecule has 0 aromatic heterocycles. The van der Waals surface area contributed by atoms with Gasteiger partial charge in [0, 0.05) is 5.69 Å². The van der Waals surface area contributed by atoms with Gasteiger partial charge in [0.1, 0.15) is 11.6 Å². The molecule has 2 aromatic carbocycles. The molecule has 0 saturated carbocycles. The summed E-state index contributed by atoms with van der Waals surface area (Å²) in [5, 5.41) is 2.81. The smallest absolute Gasteiger partial charge is 0.187 e. The molecule has 2 aromatic rings. The van der Waals surface area contributed by atoms with Crippen molar-refractivity contribution in [2.45, 2.75) is 0 Å². The molecule has 0 heterocycles. The number of benzene rings is 2. The van der Waals surface area contributed by atoms with Crippen LogP contribution < -0.4 is 5.32 Å². The fraction of sp³-hybridized carbons (Fsp3) is 0.0714. The van der Waals surface area contributed by atoms with Gasteiger partial charge in [-0.25, -0.2) is 8.78 Å². The Hall–Kier alpha value is -2.23. The Morgan fingerprint density at radius 2 is 1.56 bits per heavy atom. The lowest BCUT2D eigenvalue weighted by Gasteiger charge is -2.06. The number of carbonyl (C=O) groups excluding carboxylic acids is 1. The molecule has 18 heavy (non-hydrogen) atoms. The number of Topliss-reactive ketones (excluding diaryl/α,β-unsaturated/α-hetero) is 1. The summed E-state index contributed by atoms with van der Waals surface area (Å²) in [5.41, 5.74) is 0.225. The molecular weight excluding hydrogens is 236 g/mol. The van der Waals surface area contributed by atoms with Crippen LogP contribution in [0.3, 0.4) is 0 Å². The highest BCUT2D eigenvalue weighted by Gasteiger charge is 2.16. The number of para-hydroxylation sites is 1. The lowest BCUT2D eigenvalue weighted by Crippen LogP contribution is -2.16. The van der Waals surface area contributed by atoms with Crippen molar-refractivity contribution < 1.29 is 13.6 Å². The Kier molecular flexibility index (Phi) is 3.67. The van der Waals surface area contributed by atoms with E-state index in [9.17, 15) is 13.6 Å². The van der Waals surface area contributed by atoms with Gasteiger partial charge in [-0.3, -0.25) is 4.79 Å². The molecule has 0 unspecified atom stereocenters. The minimum absolute atomic E-state index is 0.151. The maximum Gasteiger partial charge on any atom is 0.187 e. The summed E-state index contributed by atoms with van der Waals surface area (Å²) in [6.07, 6.45) is 0. The van der Waals surface area contributed by atoms with Crippen molar-refractivity contribution in [3.8, 4) is 0 Å². The minimum atomic E-state index is -0.838. The highest BCUT2D eigenvalue weighted by molar-refractivity contribution is 5.99. The van der Waals surface area contributed by atoms with Gasteiger partial charge in [-0.1, -0.05) is 24.3 Å². The molecule has 0 aliphatic heterocycles. The van der Waals surface area contributed by atoms with E-state index in [1.54, 1.807) is 24.3 Å². The van der Waals surface area contributed by atoms with Crippen LogP contribution in [0.5, 0.6) is 0 Å². The molecule has 0 radical (unpaired) electrons. The highest BCUT2D eigenvalue weighted by Crippen LogP contribution is 2.13. The second-order valence-electron chi connectivity index (χ2n) is 3.74. The van der Waals surface area contributed by atoms with Crippen molar-refractivity contribution in [1.82, 2.24) is 0 Å². The molecule has 2 rings (SSSR count). The largest absolute Gasteiger partial charge is 0.378 e. The van der Waals surface area contributed by atoms with Crippen molar-refractivity contribution in [2.24, 2.45) is 0 Å². The molecule has 4 heteroatoms. The van der Waals surface area contributed by atoms with E-state index in [2.05, 4.69) is 5.32 Å². The predicted octanol–water partition coefficient (Wildman–Crippen LogP) is 3.26. The summed E-state index contributed by atoms with van der Waals surface area (Å²) in [4.78, 5) is 11.7. The summed E-state index contributed by atoms with van der Waals surface area (Å²) in [6, 6.07) is 12.3. The fourth-order valence-electron chi connectivity index (χ4n) is 1.59. The van der Waals surface area contributed by atoms with E-state index >= 15 is 0 Å². The Bertz CT molecular complexity index is 535. The first-order chi connectivity index (χ1) is 8.68. The third-order valence-electron chi connectivity index (χ3n) is 2.47.